The quantitative estimate of drug-likeness (QED) is 0.834. The predicted octanol–water partition coefficient (Wildman–Crippen LogP) is 1.57. The van der Waals surface area contributed by atoms with Crippen molar-refractivity contribution in [2.75, 3.05) is 32.8 Å². The lowest BCUT2D eigenvalue weighted by atomic mass is 10.0. The molecule has 3 rings (SSSR count). The highest BCUT2D eigenvalue weighted by atomic mass is 16.5. The van der Waals surface area contributed by atoms with Crippen molar-refractivity contribution < 1.29 is 14.6 Å². The first-order valence-corrected chi connectivity index (χ1v) is 8.56. The predicted molar refractivity (Wildman–Crippen MR) is 80.4 cm³/mol. The van der Waals surface area contributed by atoms with Gasteiger partial charge in [-0.05, 0) is 64.6 Å². The molecule has 5 heteroatoms. The van der Waals surface area contributed by atoms with Crippen LogP contribution in [0.3, 0.4) is 0 Å². The van der Waals surface area contributed by atoms with Gasteiger partial charge in [0.1, 0.15) is 6.04 Å². The van der Waals surface area contributed by atoms with Gasteiger partial charge in [0.25, 0.3) is 0 Å². The van der Waals surface area contributed by atoms with Gasteiger partial charge in [0, 0.05) is 19.2 Å². The highest BCUT2D eigenvalue weighted by Crippen LogP contribution is 2.26. The minimum absolute atomic E-state index is 0.228. The maximum absolute atomic E-state index is 11.3. The molecule has 3 aliphatic rings. The monoisotopic (exact) mass is 296 g/mol. The maximum atomic E-state index is 11.3. The average molecular weight is 296 g/mol. The lowest BCUT2D eigenvalue weighted by Crippen LogP contribution is -2.49. The van der Waals surface area contributed by atoms with Crippen molar-refractivity contribution in [3.63, 3.8) is 0 Å². The third-order valence-corrected chi connectivity index (χ3v) is 5.40. The second kappa shape index (κ2) is 7.07. The van der Waals surface area contributed by atoms with E-state index in [1.807, 2.05) is 0 Å². The number of hydrogen-bond acceptors (Lipinski definition) is 4. The average Bonchev–Trinajstić information content (AvgIpc) is 3.17. The van der Waals surface area contributed by atoms with Crippen molar-refractivity contribution in [2.24, 2.45) is 0 Å². The minimum atomic E-state index is -0.631. The first-order valence-electron chi connectivity index (χ1n) is 8.56. The van der Waals surface area contributed by atoms with Crippen molar-refractivity contribution in [3.8, 4) is 0 Å². The molecule has 0 aromatic rings. The number of carboxylic acid groups (broad SMARTS) is 1. The number of aliphatic carboxylic acids is 1. The first-order chi connectivity index (χ1) is 10.2. The van der Waals surface area contributed by atoms with Crippen LogP contribution in [0.2, 0.25) is 0 Å². The molecule has 3 saturated heterocycles. The molecular formula is C16H28N2O3. The molecule has 2 atom stereocenters. The number of nitrogens with zero attached hydrogens (tertiary/aromatic N) is 2. The standard InChI is InChI=1S/C16H28N2O3/c19-16(20)15-4-1-8-18(15)13-5-9-17(10-6-13)11-7-14-3-2-12-21-14/h13-15H,1-12H2,(H,19,20). The van der Waals surface area contributed by atoms with Gasteiger partial charge in [-0.1, -0.05) is 0 Å². The normalized spacial score (nSPS) is 32.8. The number of ether oxygens (including phenoxy) is 1. The Morgan fingerprint density at radius 2 is 1.90 bits per heavy atom. The van der Waals surface area contributed by atoms with E-state index in [4.69, 9.17) is 4.74 Å². The minimum Gasteiger partial charge on any atom is -0.480 e. The number of likely N-dealkylation sites (tertiary alicyclic amines) is 2. The van der Waals surface area contributed by atoms with Crippen LogP contribution in [0.5, 0.6) is 0 Å². The molecule has 3 fully saturated rings. The van der Waals surface area contributed by atoms with Crippen molar-refractivity contribution in [1.82, 2.24) is 9.80 Å². The van der Waals surface area contributed by atoms with E-state index < -0.39 is 5.97 Å². The van der Waals surface area contributed by atoms with E-state index in [1.54, 1.807) is 0 Å². The van der Waals surface area contributed by atoms with E-state index in [0.717, 1.165) is 64.9 Å². The fraction of sp³-hybridized carbons (Fsp3) is 0.938. The van der Waals surface area contributed by atoms with Crippen molar-refractivity contribution >= 4 is 5.97 Å². The lowest BCUT2D eigenvalue weighted by molar-refractivity contribution is -0.143. The fourth-order valence-corrected chi connectivity index (χ4v) is 4.16. The van der Waals surface area contributed by atoms with Gasteiger partial charge in [0.15, 0.2) is 0 Å². The highest BCUT2D eigenvalue weighted by molar-refractivity contribution is 5.73. The summed E-state index contributed by atoms with van der Waals surface area (Å²) in [6, 6.07) is 0.251. The van der Waals surface area contributed by atoms with E-state index >= 15 is 0 Å². The summed E-state index contributed by atoms with van der Waals surface area (Å²) < 4.78 is 5.69. The van der Waals surface area contributed by atoms with Crippen LogP contribution in [0.1, 0.15) is 44.9 Å². The fourth-order valence-electron chi connectivity index (χ4n) is 4.16. The van der Waals surface area contributed by atoms with E-state index in [-0.39, 0.29) is 6.04 Å². The smallest absolute Gasteiger partial charge is 0.320 e. The summed E-state index contributed by atoms with van der Waals surface area (Å²) in [4.78, 5) is 16.1. The summed E-state index contributed by atoms with van der Waals surface area (Å²) in [6.45, 7) is 5.27. The molecule has 120 valence electrons. The molecule has 21 heavy (non-hydrogen) atoms. The van der Waals surface area contributed by atoms with Crippen molar-refractivity contribution in [3.05, 3.63) is 0 Å². The molecule has 0 saturated carbocycles. The molecule has 3 heterocycles. The van der Waals surface area contributed by atoms with E-state index in [0.29, 0.717) is 12.1 Å². The van der Waals surface area contributed by atoms with Gasteiger partial charge in [0.2, 0.25) is 0 Å². The molecule has 3 aliphatic heterocycles. The molecule has 1 N–H and O–H groups in total. The Kier molecular flexibility index (Phi) is 5.14. The Labute approximate surface area is 127 Å². The van der Waals surface area contributed by atoms with Crippen LogP contribution in [-0.2, 0) is 9.53 Å². The summed E-state index contributed by atoms with van der Waals surface area (Å²) in [5, 5.41) is 9.31. The van der Waals surface area contributed by atoms with Crippen molar-refractivity contribution in [1.29, 1.82) is 0 Å². The van der Waals surface area contributed by atoms with Crippen LogP contribution >= 0.6 is 0 Å². The molecular weight excluding hydrogens is 268 g/mol. The zero-order valence-corrected chi connectivity index (χ0v) is 12.9. The van der Waals surface area contributed by atoms with Gasteiger partial charge in [0.05, 0.1) is 6.10 Å². The molecule has 2 unspecified atom stereocenters. The van der Waals surface area contributed by atoms with Crippen LogP contribution in [0.4, 0.5) is 0 Å². The van der Waals surface area contributed by atoms with Crippen LogP contribution < -0.4 is 0 Å². The number of hydrogen-bond donors (Lipinski definition) is 1. The highest BCUT2D eigenvalue weighted by Gasteiger charge is 2.36. The number of carbonyl (C=O) groups is 1. The number of carboxylic acids is 1. The van der Waals surface area contributed by atoms with Gasteiger partial charge in [-0.15, -0.1) is 0 Å². The van der Waals surface area contributed by atoms with Gasteiger partial charge in [-0.25, -0.2) is 0 Å². The maximum Gasteiger partial charge on any atom is 0.320 e. The van der Waals surface area contributed by atoms with Gasteiger partial charge in [-0.2, -0.15) is 0 Å². The summed E-state index contributed by atoms with van der Waals surface area (Å²) in [5.74, 6) is -0.631. The number of rotatable bonds is 5. The van der Waals surface area contributed by atoms with Gasteiger partial charge >= 0.3 is 5.97 Å². The van der Waals surface area contributed by atoms with E-state index in [2.05, 4.69) is 9.80 Å². The zero-order chi connectivity index (χ0) is 14.7. The topological polar surface area (TPSA) is 53.0 Å². The van der Waals surface area contributed by atoms with Crippen molar-refractivity contribution in [2.45, 2.75) is 63.1 Å². The van der Waals surface area contributed by atoms with Crippen LogP contribution in [0.15, 0.2) is 0 Å². The number of piperidine rings is 1. The summed E-state index contributed by atoms with van der Waals surface area (Å²) >= 11 is 0. The summed E-state index contributed by atoms with van der Waals surface area (Å²) in [7, 11) is 0. The SMILES string of the molecule is O=C(O)C1CCCN1C1CCN(CCC2CCCO2)CC1. The Morgan fingerprint density at radius 1 is 1.10 bits per heavy atom. The van der Waals surface area contributed by atoms with Gasteiger partial charge in [-0.3, -0.25) is 9.69 Å². The van der Waals surface area contributed by atoms with E-state index in [1.165, 1.54) is 12.8 Å². The first kappa shape index (κ1) is 15.3. The van der Waals surface area contributed by atoms with Crippen LogP contribution in [0.25, 0.3) is 0 Å². The van der Waals surface area contributed by atoms with Crippen LogP contribution in [0, 0.1) is 0 Å². The largest absolute Gasteiger partial charge is 0.480 e. The Balaban J connectivity index is 1.41. The van der Waals surface area contributed by atoms with Crippen LogP contribution in [-0.4, -0.2) is 71.8 Å². The molecule has 0 spiro atoms. The Morgan fingerprint density at radius 3 is 2.57 bits per heavy atom. The van der Waals surface area contributed by atoms with Gasteiger partial charge < -0.3 is 14.7 Å². The molecule has 0 aromatic heterocycles. The summed E-state index contributed by atoms with van der Waals surface area (Å²) in [5.41, 5.74) is 0. The Bertz CT molecular complexity index is 349. The molecule has 0 aromatic carbocycles. The Hall–Kier alpha value is -0.650. The second-order valence-electron chi connectivity index (χ2n) is 6.73. The molecule has 0 bridgehead atoms. The molecule has 0 radical (unpaired) electrons. The molecule has 5 nitrogen and oxygen atoms in total. The third-order valence-electron chi connectivity index (χ3n) is 5.40. The summed E-state index contributed by atoms with van der Waals surface area (Å²) in [6.07, 6.45) is 8.20. The van der Waals surface area contributed by atoms with E-state index in [9.17, 15) is 9.90 Å². The third kappa shape index (κ3) is 3.76. The lowest BCUT2D eigenvalue weighted by Gasteiger charge is -2.38. The zero-order valence-electron chi connectivity index (χ0n) is 12.9. The second-order valence-corrected chi connectivity index (χ2v) is 6.73. The molecule has 0 amide bonds. The molecule has 0 aliphatic carbocycles.